The molecule has 0 aliphatic heterocycles. The summed E-state index contributed by atoms with van der Waals surface area (Å²) in [5.74, 6) is 4.86. The van der Waals surface area contributed by atoms with Crippen molar-refractivity contribution in [1.29, 1.82) is 0 Å². The van der Waals surface area contributed by atoms with Crippen LogP contribution in [0.3, 0.4) is 0 Å². The number of hydrogen-bond acceptors (Lipinski definition) is 1. The molecule has 1 amide bonds. The molecule has 0 radical (unpaired) electrons. The van der Waals surface area contributed by atoms with Gasteiger partial charge in [0.25, 0.3) is 0 Å². The third-order valence-electron chi connectivity index (χ3n) is 3.57. The smallest absolute Gasteiger partial charge is 0.226 e. The second-order valence-corrected chi connectivity index (χ2v) is 4.48. The van der Waals surface area contributed by atoms with Gasteiger partial charge in [-0.2, -0.15) is 0 Å². The molecule has 0 aromatic heterocycles. The molecule has 2 unspecified atom stereocenters. The van der Waals surface area contributed by atoms with Crippen LogP contribution in [-0.4, -0.2) is 23.9 Å². The Hall–Kier alpha value is -0.970. The van der Waals surface area contributed by atoms with Crippen molar-refractivity contribution >= 4 is 5.91 Å². The van der Waals surface area contributed by atoms with E-state index in [0.29, 0.717) is 6.54 Å². The topological polar surface area (TPSA) is 20.3 Å². The van der Waals surface area contributed by atoms with Crippen LogP contribution in [0.15, 0.2) is 0 Å². The van der Waals surface area contributed by atoms with Crippen LogP contribution in [0.4, 0.5) is 0 Å². The fourth-order valence-electron chi connectivity index (χ4n) is 2.63. The van der Waals surface area contributed by atoms with Gasteiger partial charge in [-0.1, -0.05) is 5.92 Å². The number of carbonyl (C=O) groups is 1. The van der Waals surface area contributed by atoms with Crippen molar-refractivity contribution in [3.05, 3.63) is 0 Å². The second kappa shape index (κ2) is 3.65. The first-order valence-corrected chi connectivity index (χ1v) is 5.48. The quantitative estimate of drug-likeness (QED) is 0.619. The van der Waals surface area contributed by atoms with E-state index in [1.165, 1.54) is 6.42 Å². The Morgan fingerprint density at radius 2 is 2.07 bits per heavy atom. The van der Waals surface area contributed by atoms with Crippen LogP contribution in [0.25, 0.3) is 0 Å². The molecule has 0 heterocycles. The van der Waals surface area contributed by atoms with Crippen LogP contribution in [0.1, 0.15) is 26.2 Å². The van der Waals surface area contributed by atoms with E-state index in [1.807, 2.05) is 6.92 Å². The predicted octanol–water partition coefficient (Wildman–Crippen LogP) is 1.51. The van der Waals surface area contributed by atoms with Crippen molar-refractivity contribution in [2.75, 3.05) is 13.1 Å². The zero-order valence-corrected chi connectivity index (χ0v) is 8.70. The molecule has 76 valence electrons. The van der Waals surface area contributed by atoms with Gasteiger partial charge in [-0.3, -0.25) is 4.79 Å². The van der Waals surface area contributed by atoms with Crippen LogP contribution < -0.4 is 0 Å². The van der Waals surface area contributed by atoms with Crippen LogP contribution in [0, 0.1) is 30.1 Å². The lowest BCUT2D eigenvalue weighted by Gasteiger charge is -2.22. The number of nitrogens with zero attached hydrogens (tertiary/aromatic N) is 1. The van der Waals surface area contributed by atoms with Gasteiger partial charge in [0, 0.05) is 12.5 Å². The maximum Gasteiger partial charge on any atom is 0.226 e. The summed E-state index contributed by atoms with van der Waals surface area (Å²) in [7, 11) is 0. The number of amides is 1. The SMILES string of the molecule is C#CCN(CC)C(=O)C1CC2CC2C1. The summed E-state index contributed by atoms with van der Waals surface area (Å²) in [5.41, 5.74) is 0. The van der Waals surface area contributed by atoms with E-state index < -0.39 is 0 Å². The number of carbonyl (C=O) groups excluding carboxylic acids is 1. The average molecular weight is 191 g/mol. The molecule has 2 saturated carbocycles. The van der Waals surface area contributed by atoms with Crippen molar-refractivity contribution < 1.29 is 4.79 Å². The Labute approximate surface area is 85.7 Å². The van der Waals surface area contributed by atoms with Crippen LogP contribution >= 0.6 is 0 Å². The van der Waals surface area contributed by atoms with E-state index in [0.717, 1.165) is 31.2 Å². The van der Waals surface area contributed by atoms with Crippen molar-refractivity contribution in [1.82, 2.24) is 4.90 Å². The van der Waals surface area contributed by atoms with E-state index in [4.69, 9.17) is 6.42 Å². The van der Waals surface area contributed by atoms with Gasteiger partial charge < -0.3 is 4.90 Å². The van der Waals surface area contributed by atoms with Gasteiger partial charge in [-0.05, 0) is 38.0 Å². The summed E-state index contributed by atoms with van der Waals surface area (Å²) in [4.78, 5) is 13.8. The zero-order valence-electron chi connectivity index (χ0n) is 8.70. The molecule has 2 heteroatoms. The van der Waals surface area contributed by atoms with Crippen LogP contribution in [0.2, 0.25) is 0 Å². The van der Waals surface area contributed by atoms with Crippen LogP contribution in [0.5, 0.6) is 0 Å². The molecule has 2 fully saturated rings. The fourth-order valence-corrected chi connectivity index (χ4v) is 2.63. The van der Waals surface area contributed by atoms with Crippen LogP contribution in [-0.2, 0) is 4.79 Å². The summed E-state index contributed by atoms with van der Waals surface area (Å²) < 4.78 is 0. The lowest BCUT2D eigenvalue weighted by molar-refractivity contribution is -0.134. The number of hydrogen-bond donors (Lipinski definition) is 0. The predicted molar refractivity (Wildman–Crippen MR) is 55.4 cm³/mol. The Morgan fingerprint density at radius 1 is 1.43 bits per heavy atom. The number of fused-ring (bicyclic) bond motifs is 1. The Morgan fingerprint density at radius 3 is 2.57 bits per heavy atom. The maximum absolute atomic E-state index is 12.0. The minimum atomic E-state index is 0.284. The summed E-state index contributed by atoms with van der Waals surface area (Å²) in [5, 5.41) is 0. The highest BCUT2D eigenvalue weighted by Gasteiger charge is 2.48. The van der Waals surface area contributed by atoms with Gasteiger partial charge in [-0.15, -0.1) is 6.42 Å². The molecule has 2 rings (SSSR count). The molecule has 0 bridgehead atoms. The molecular formula is C12H17NO. The van der Waals surface area contributed by atoms with Gasteiger partial charge >= 0.3 is 0 Å². The third-order valence-corrected chi connectivity index (χ3v) is 3.57. The molecule has 0 aromatic rings. The first-order valence-electron chi connectivity index (χ1n) is 5.48. The van der Waals surface area contributed by atoms with Gasteiger partial charge in [0.05, 0.1) is 6.54 Å². The monoisotopic (exact) mass is 191 g/mol. The molecule has 2 aliphatic carbocycles. The number of rotatable bonds is 3. The first-order chi connectivity index (χ1) is 6.76. The molecule has 0 N–H and O–H groups in total. The minimum absolute atomic E-state index is 0.284. The van der Waals surface area contributed by atoms with E-state index >= 15 is 0 Å². The largest absolute Gasteiger partial charge is 0.332 e. The first kappa shape index (κ1) is 9.58. The summed E-state index contributed by atoms with van der Waals surface area (Å²) in [6.45, 7) is 3.21. The molecule has 2 nitrogen and oxygen atoms in total. The Kier molecular flexibility index (Phi) is 2.50. The van der Waals surface area contributed by atoms with Crippen molar-refractivity contribution in [3.8, 4) is 12.3 Å². The van der Waals surface area contributed by atoms with Crippen molar-refractivity contribution in [2.45, 2.75) is 26.2 Å². The second-order valence-electron chi connectivity index (χ2n) is 4.48. The minimum Gasteiger partial charge on any atom is -0.332 e. The molecule has 0 saturated heterocycles. The van der Waals surface area contributed by atoms with E-state index in [1.54, 1.807) is 4.90 Å². The van der Waals surface area contributed by atoms with E-state index in [-0.39, 0.29) is 11.8 Å². The highest BCUT2D eigenvalue weighted by molar-refractivity contribution is 5.79. The summed E-state index contributed by atoms with van der Waals surface area (Å²) in [6.07, 6.45) is 8.83. The highest BCUT2D eigenvalue weighted by Crippen LogP contribution is 2.54. The van der Waals surface area contributed by atoms with E-state index in [2.05, 4.69) is 5.92 Å². The molecule has 0 spiro atoms. The van der Waals surface area contributed by atoms with Crippen molar-refractivity contribution in [3.63, 3.8) is 0 Å². The standard InChI is InChI=1S/C12H17NO/c1-3-5-13(4-2)12(14)11-7-9-6-10(9)8-11/h1,9-11H,4-8H2,2H3. The highest BCUT2D eigenvalue weighted by atomic mass is 16.2. The zero-order chi connectivity index (χ0) is 10.1. The molecule has 14 heavy (non-hydrogen) atoms. The molecule has 2 aliphatic rings. The Balaban J connectivity index is 1.90. The lowest BCUT2D eigenvalue weighted by Crippen LogP contribution is -2.35. The molecular weight excluding hydrogens is 174 g/mol. The van der Waals surface area contributed by atoms with Gasteiger partial charge in [-0.25, -0.2) is 0 Å². The Bertz CT molecular complexity index is 269. The number of terminal acetylenes is 1. The van der Waals surface area contributed by atoms with Gasteiger partial charge in [0.2, 0.25) is 5.91 Å². The average Bonchev–Trinajstić information content (AvgIpc) is 2.81. The third kappa shape index (κ3) is 1.64. The van der Waals surface area contributed by atoms with Gasteiger partial charge in [0.1, 0.15) is 0 Å². The summed E-state index contributed by atoms with van der Waals surface area (Å²) in [6, 6.07) is 0. The fraction of sp³-hybridized carbons (Fsp3) is 0.750. The van der Waals surface area contributed by atoms with E-state index in [9.17, 15) is 4.79 Å². The molecule has 2 atom stereocenters. The van der Waals surface area contributed by atoms with Crippen molar-refractivity contribution in [2.24, 2.45) is 17.8 Å². The lowest BCUT2D eigenvalue weighted by atomic mass is 10.0. The summed E-state index contributed by atoms with van der Waals surface area (Å²) >= 11 is 0. The normalized spacial score (nSPS) is 33.3. The maximum atomic E-state index is 12.0. The molecule has 0 aromatic carbocycles. The van der Waals surface area contributed by atoms with Gasteiger partial charge in [0.15, 0.2) is 0 Å².